The third kappa shape index (κ3) is 7.00. The van der Waals surface area contributed by atoms with E-state index in [1.807, 2.05) is 0 Å². The molecule has 3 aromatic carbocycles. The van der Waals surface area contributed by atoms with E-state index in [4.69, 9.17) is 23.7 Å². The lowest BCUT2D eigenvalue weighted by Gasteiger charge is -2.14. The number of hydrogen-bond donors (Lipinski definition) is 2. The van der Waals surface area contributed by atoms with Gasteiger partial charge in [0.1, 0.15) is 0 Å². The van der Waals surface area contributed by atoms with Crippen molar-refractivity contribution in [1.82, 2.24) is 10.7 Å². The van der Waals surface area contributed by atoms with Crippen LogP contribution in [0.4, 0.5) is 0 Å². The van der Waals surface area contributed by atoms with Gasteiger partial charge in [0.2, 0.25) is 5.75 Å². The lowest BCUT2D eigenvalue weighted by atomic mass is 10.1. The summed E-state index contributed by atoms with van der Waals surface area (Å²) in [6.45, 7) is -0.329. The molecule has 0 heterocycles. The smallest absolute Gasteiger partial charge is 0.343 e. The molecule has 0 saturated heterocycles. The van der Waals surface area contributed by atoms with E-state index in [1.54, 1.807) is 48.5 Å². The molecule has 0 aliphatic rings. The van der Waals surface area contributed by atoms with E-state index >= 15 is 0 Å². The first-order chi connectivity index (χ1) is 18.4. The number of rotatable bonds is 11. The number of hydrazone groups is 1. The van der Waals surface area contributed by atoms with Crippen molar-refractivity contribution in [3.05, 3.63) is 77.4 Å². The molecule has 0 bridgehead atoms. The zero-order valence-electron chi connectivity index (χ0n) is 21.3. The minimum Gasteiger partial charge on any atom is -0.493 e. The summed E-state index contributed by atoms with van der Waals surface area (Å²) in [4.78, 5) is 37.0. The van der Waals surface area contributed by atoms with Crippen molar-refractivity contribution >= 4 is 24.0 Å². The van der Waals surface area contributed by atoms with E-state index in [0.717, 1.165) is 0 Å². The highest BCUT2D eigenvalue weighted by Crippen LogP contribution is 2.38. The Morgan fingerprint density at radius 3 is 2.03 bits per heavy atom. The maximum absolute atomic E-state index is 12.5. The quantitative estimate of drug-likeness (QED) is 0.170. The van der Waals surface area contributed by atoms with Gasteiger partial charge in [-0.2, -0.15) is 5.10 Å². The molecule has 0 fully saturated rings. The fourth-order valence-electron chi connectivity index (χ4n) is 3.27. The average molecular weight is 522 g/mol. The minimum atomic E-state index is -0.553. The Bertz CT molecular complexity index is 1300. The van der Waals surface area contributed by atoms with Gasteiger partial charge in [-0.3, -0.25) is 9.59 Å². The van der Waals surface area contributed by atoms with Crippen molar-refractivity contribution in [3.8, 4) is 28.7 Å². The Morgan fingerprint density at radius 2 is 1.42 bits per heavy atom. The molecular weight excluding hydrogens is 494 g/mol. The van der Waals surface area contributed by atoms with Gasteiger partial charge in [-0.15, -0.1) is 0 Å². The highest BCUT2D eigenvalue weighted by Gasteiger charge is 2.17. The van der Waals surface area contributed by atoms with Crippen molar-refractivity contribution in [2.45, 2.75) is 0 Å². The van der Waals surface area contributed by atoms with Crippen molar-refractivity contribution in [2.24, 2.45) is 5.10 Å². The van der Waals surface area contributed by atoms with Crippen molar-refractivity contribution in [1.29, 1.82) is 0 Å². The molecule has 3 rings (SSSR count). The van der Waals surface area contributed by atoms with Crippen molar-refractivity contribution < 1.29 is 38.1 Å². The first kappa shape index (κ1) is 27.5. The van der Waals surface area contributed by atoms with E-state index in [-0.39, 0.29) is 17.9 Å². The second-order valence-corrected chi connectivity index (χ2v) is 7.56. The highest BCUT2D eigenvalue weighted by molar-refractivity contribution is 5.97. The lowest BCUT2D eigenvalue weighted by Crippen LogP contribution is -2.34. The molecule has 11 nitrogen and oxygen atoms in total. The van der Waals surface area contributed by atoms with E-state index in [1.165, 1.54) is 46.8 Å². The molecule has 11 heteroatoms. The van der Waals surface area contributed by atoms with E-state index in [2.05, 4.69) is 15.8 Å². The Labute approximate surface area is 219 Å². The predicted octanol–water partition coefficient (Wildman–Crippen LogP) is 2.82. The molecule has 38 heavy (non-hydrogen) atoms. The summed E-state index contributed by atoms with van der Waals surface area (Å²) in [5.74, 6) is -0.0937. The average Bonchev–Trinajstić information content (AvgIpc) is 2.95. The number of methoxy groups -OCH3 is 4. The van der Waals surface area contributed by atoms with E-state index in [9.17, 15) is 14.4 Å². The van der Waals surface area contributed by atoms with Gasteiger partial charge in [-0.1, -0.05) is 18.2 Å². The summed E-state index contributed by atoms with van der Waals surface area (Å²) >= 11 is 0. The summed E-state index contributed by atoms with van der Waals surface area (Å²) in [6.07, 6.45) is 1.38. The van der Waals surface area contributed by atoms with Gasteiger partial charge in [0, 0.05) is 5.56 Å². The molecule has 0 atom stereocenters. The van der Waals surface area contributed by atoms with Crippen LogP contribution >= 0.6 is 0 Å². The molecule has 2 N–H and O–H groups in total. The summed E-state index contributed by atoms with van der Waals surface area (Å²) in [5, 5.41) is 6.39. The number of nitrogens with one attached hydrogen (secondary N) is 2. The largest absolute Gasteiger partial charge is 0.493 e. The molecule has 2 amide bonds. The molecule has 0 radical (unpaired) electrons. The fraction of sp³-hybridized carbons (Fsp3) is 0.185. The second-order valence-electron chi connectivity index (χ2n) is 7.56. The third-order valence-corrected chi connectivity index (χ3v) is 5.14. The van der Waals surface area contributed by atoms with E-state index < -0.39 is 17.8 Å². The molecule has 0 aliphatic heterocycles. The number of benzene rings is 3. The topological polar surface area (TPSA) is 134 Å². The number of amides is 2. The van der Waals surface area contributed by atoms with Crippen LogP contribution in [0.15, 0.2) is 65.8 Å². The van der Waals surface area contributed by atoms with Crippen LogP contribution < -0.4 is 34.4 Å². The van der Waals surface area contributed by atoms with Gasteiger partial charge in [-0.25, -0.2) is 10.2 Å². The minimum absolute atomic E-state index is 0.218. The van der Waals surface area contributed by atoms with Crippen molar-refractivity contribution in [2.75, 3.05) is 35.0 Å². The molecule has 0 spiro atoms. The number of esters is 1. The van der Waals surface area contributed by atoms with Crippen molar-refractivity contribution in [3.63, 3.8) is 0 Å². The first-order valence-corrected chi connectivity index (χ1v) is 11.3. The molecule has 3 aromatic rings. The Morgan fingerprint density at radius 1 is 0.763 bits per heavy atom. The summed E-state index contributed by atoms with van der Waals surface area (Å²) in [6, 6.07) is 16.3. The fourth-order valence-corrected chi connectivity index (χ4v) is 3.27. The Balaban J connectivity index is 1.56. The van der Waals surface area contributed by atoms with E-state index in [0.29, 0.717) is 34.1 Å². The van der Waals surface area contributed by atoms with Crippen LogP contribution in [-0.2, 0) is 4.79 Å². The predicted molar refractivity (Wildman–Crippen MR) is 139 cm³/mol. The monoisotopic (exact) mass is 521 g/mol. The first-order valence-electron chi connectivity index (χ1n) is 11.3. The maximum Gasteiger partial charge on any atom is 0.343 e. The van der Waals surface area contributed by atoms with Crippen LogP contribution in [0.1, 0.15) is 26.3 Å². The number of hydrogen-bond acceptors (Lipinski definition) is 9. The SMILES string of the molecule is COc1cc(C=NNC(=O)CNC(=O)c2cc(OC)c(OC)c(OC)c2)ccc1OC(=O)c1ccccc1. The summed E-state index contributed by atoms with van der Waals surface area (Å²) in [7, 11) is 5.76. The number of ether oxygens (including phenoxy) is 5. The van der Waals surface area contributed by atoms with Crippen LogP contribution in [0.2, 0.25) is 0 Å². The van der Waals surface area contributed by atoms with Crippen LogP contribution in [0.25, 0.3) is 0 Å². The number of nitrogens with zero attached hydrogens (tertiary/aromatic N) is 1. The zero-order chi connectivity index (χ0) is 27.5. The molecule has 0 saturated carbocycles. The van der Waals surface area contributed by atoms with Gasteiger partial charge >= 0.3 is 5.97 Å². The van der Waals surface area contributed by atoms with Gasteiger partial charge < -0.3 is 29.0 Å². The molecule has 198 valence electrons. The zero-order valence-corrected chi connectivity index (χ0v) is 21.3. The van der Waals surface area contributed by atoms with Gasteiger partial charge in [0.15, 0.2) is 23.0 Å². The normalized spacial score (nSPS) is 10.4. The third-order valence-electron chi connectivity index (χ3n) is 5.14. The molecule has 0 aromatic heterocycles. The molecule has 0 aliphatic carbocycles. The summed E-state index contributed by atoms with van der Waals surface area (Å²) in [5.41, 5.74) is 3.52. The standard InChI is InChI=1S/C27H27N3O8/c1-34-21-12-17(10-11-20(21)38-27(33)18-8-6-5-7-9-18)15-29-30-24(31)16-28-26(32)19-13-22(35-2)25(37-4)23(14-19)36-3/h5-15H,16H2,1-4H3,(H,28,32)(H,30,31). The second kappa shape index (κ2) is 13.3. The Hall–Kier alpha value is -5.06. The van der Waals surface area contributed by atoms with Gasteiger partial charge in [0.05, 0.1) is 46.8 Å². The molecule has 0 unspecified atom stereocenters. The van der Waals surface area contributed by atoms with Crippen LogP contribution in [0.3, 0.4) is 0 Å². The van der Waals surface area contributed by atoms with Gasteiger partial charge in [0.25, 0.3) is 11.8 Å². The number of carbonyl (C=O) groups is 3. The highest BCUT2D eigenvalue weighted by atomic mass is 16.6. The van der Waals surface area contributed by atoms with Crippen LogP contribution in [-0.4, -0.2) is 59.0 Å². The molecular formula is C27H27N3O8. The van der Waals surface area contributed by atoms with Crippen LogP contribution in [0.5, 0.6) is 28.7 Å². The lowest BCUT2D eigenvalue weighted by molar-refractivity contribution is -0.120. The number of carbonyl (C=O) groups excluding carboxylic acids is 3. The summed E-state index contributed by atoms with van der Waals surface area (Å²) < 4.78 is 26.4. The van der Waals surface area contributed by atoms with Gasteiger partial charge in [-0.05, 0) is 48.0 Å². The maximum atomic E-state index is 12.5. The van der Waals surface area contributed by atoms with Crippen LogP contribution in [0, 0.1) is 0 Å². The Kier molecular flexibility index (Phi) is 9.64.